The Morgan fingerprint density at radius 1 is 0.712 bits per heavy atom. The van der Waals surface area contributed by atoms with Gasteiger partial charge in [0.25, 0.3) is 0 Å². The molecule has 4 aliphatic carbocycles. The van der Waals surface area contributed by atoms with E-state index in [-0.39, 0.29) is 43.0 Å². The molecule has 0 bridgehead atoms. The van der Waals surface area contributed by atoms with Crippen molar-refractivity contribution in [1.29, 1.82) is 10.6 Å². The number of fused-ring (bicyclic) bond motifs is 4. The number of hydrogen-bond donors (Lipinski definition) is 4. The van der Waals surface area contributed by atoms with Crippen molar-refractivity contribution in [3.63, 3.8) is 0 Å². The Labute approximate surface area is 403 Å². The zero-order chi connectivity index (χ0) is 49.1. The number of benzene rings is 1. The monoisotopic (exact) mass is 1020 g/mol. The van der Waals surface area contributed by atoms with Crippen LogP contribution in [0.2, 0.25) is 36.3 Å². The molecular weight excluding hydrogens is 962 g/mol. The molecule has 10 atom stereocenters. The van der Waals surface area contributed by atoms with Crippen molar-refractivity contribution in [2.45, 2.75) is 128 Å². The third kappa shape index (κ3) is 9.08. The van der Waals surface area contributed by atoms with Gasteiger partial charge in [0.1, 0.15) is 0 Å². The van der Waals surface area contributed by atoms with Crippen LogP contribution in [0.4, 0.5) is 0 Å². The quantitative estimate of drug-likeness (QED) is 0.0768. The van der Waals surface area contributed by atoms with E-state index >= 15 is 0 Å². The number of carbonyl (C=O) groups is 2. The summed E-state index contributed by atoms with van der Waals surface area (Å²) in [7, 11) is 4.04. The van der Waals surface area contributed by atoms with Gasteiger partial charge in [0.05, 0.1) is 0 Å². The first-order valence-electron chi connectivity index (χ1n) is 21.9. The van der Waals surface area contributed by atoms with Crippen molar-refractivity contribution >= 4 is 70.4 Å². The number of alkyl halides is 1. The first kappa shape index (κ1) is 52.2. The number of hydrogen-bond acceptors (Lipinski definition) is 17. The van der Waals surface area contributed by atoms with Crippen LogP contribution in [-0.2, 0) is 8.85 Å². The van der Waals surface area contributed by atoms with Gasteiger partial charge in [0.15, 0.2) is 0 Å². The molecule has 7 rings (SSSR count). The van der Waals surface area contributed by atoms with Gasteiger partial charge in [-0.2, -0.15) is 0 Å². The van der Waals surface area contributed by atoms with E-state index in [0.717, 1.165) is 4.90 Å². The summed E-state index contributed by atoms with van der Waals surface area (Å²) in [6.45, 7) is 21.2. The van der Waals surface area contributed by atoms with E-state index in [2.05, 4.69) is 100 Å². The molecule has 1 aromatic carbocycles. The second-order valence-electron chi connectivity index (χ2n) is 20.8. The van der Waals surface area contributed by atoms with E-state index in [0.29, 0.717) is 26.1 Å². The molecule has 16 nitrogen and oxygen atoms in total. The van der Waals surface area contributed by atoms with Gasteiger partial charge >= 0.3 is 406 Å². The Balaban J connectivity index is 0.000000222. The second-order valence-corrected chi connectivity index (χ2v) is 32.6. The molecule has 66 heavy (non-hydrogen) atoms. The molecule has 2 heterocycles. The summed E-state index contributed by atoms with van der Waals surface area (Å²) in [5.74, 6) is -1.93. The Bertz CT molecular complexity index is 2370. The standard InChI is InChI=1S/C25H34BN3O5SSi.C19H29BBrN3O5Si/c1-24(2,3)36(6,7)34-22-17(35-15-11-9-8-10-12-15)14-13-16-19(29(4)5)20-18(21(30)25(16,22)31)23(28-33-20)32-26-27;1-18(2,3)30(6,7)29-16-11(21)9-8-10-13(24(4)5)14-12(15(25)19(10,16)26)17(23-28-14)27-20-22/h8-14,16-17,19,22,27,31H,1-7H3;8-11,13,16,22,26H,1-7H3/t16-,17+,19-,22+,25+;10-,11-,13-,16+,19+/m00/s1. The van der Waals surface area contributed by atoms with E-state index in [1.54, 1.807) is 11.8 Å². The number of thioether (sulfide) groups is 1. The summed E-state index contributed by atoms with van der Waals surface area (Å²) in [5, 5.41) is 46.4. The minimum atomic E-state index is -2.44. The number of rotatable bonds is 12. The maximum absolute atomic E-state index is 14.2. The van der Waals surface area contributed by atoms with Gasteiger partial charge in [-0.1, -0.05) is 0 Å². The van der Waals surface area contributed by atoms with Crippen LogP contribution in [0.3, 0.4) is 0 Å². The maximum atomic E-state index is 14.2. The van der Waals surface area contributed by atoms with Gasteiger partial charge in [-0.05, 0) is 0 Å². The van der Waals surface area contributed by atoms with Crippen molar-refractivity contribution < 1.29 is 47.0 Å². The van der Waals surface area contributed by atoms with Crippen LogP contribution in [0.1, 0.15) is 85.9 Å². The molecule has 0 unspecified atom stereocenters. The van der Waals surface area contributed by atoms with Crippen LogP contribution in [0.15, 0.2) is 68.6 Å². The van der Waals surface area contributed by atoms with Gasteiger partial charge in [0, 0.05) is 0 Å². The van der Waals surface area contributed by atoms with Crippen LogP contribution in [0.25, 0.3) is 0 Å². The van der Waals surface area contributed by atoms with Crippen molar-refractivity contribution in [3.8, 4) is 11.8 Å². The van der Waals surface area contributed by atoms with Gasteiger partial charge in [0.2, 0.25) is 0 Å². The van der Waals surface area contributed by atoms with Crippen LogP contribution in [0.5, 0.6) is 11.8 Å². The molecule has 0 fully saturated rings. The molecule has 2 aromatic heterocycles. The number of ketones is 2. The summed E-state index contributed by atoms with van der Waals surface area (Å²) >= 11 is 5.18. The van der Waals surface area contributed by atoms with E-state index in [1.165, 1.54) is 0 Å². The first-order chi connectivity index (χ1) is 30.6. The summed E-state index contributed by atoms with van der Waals surface area (Å²) in [5.41, 5.74) is -3.62. The van der Waals surface area contributed by atoms with Crippen molar-refractivity contribution in [2.75, 3.05) is 28.2 Å². The van der Waals surface area contributed by atoms with Crippen LogP contribution >= 0.6 is 27.7 Å². The Morgan fingerprint density at radius 3 is 1.53 bits per heavy atom. The third-order valence-electron chi connectivity index (χ3n) is 14.2. The summed E-state index contributed by atoms with van der Waals surface area (Å²) in [6, 6.07) is 8.97. The molecule has 0 saturated heterocycles. The zero-order valence-corrected chi connectivity index (χ0v) is 44.6. The average Bonchev–Trinajstić information content (AvgIpc) is 3.83. The zero-order valence-electron chi connectivity index (χ0n) is 40.2. The predicted molar refractivity (Wildman–Crippen MR) is 261 cm³/mol. The van der Waals surface area contributed by atoms with E-state index in [1.807, 2.05) is 86.6 Å². The fourth-order valence-electron chi connectivity index (χ4n) is 8.64. The number of nitrogens with zero attached hydrogens (tertiary/aromatic N) is 4. The molecule has 0 spiro atoms. The second kappa shape index (κ2) is 19.0. The molecule has 22 heteroatoms. The molecule has 4 N–H and O–H groups in total. The number of aromatic nitrogens is 2. The summed E-state index contributed by atoms with van der Waals surface area (Å²) in [4.78, 5) is 32.4. The van der Waals surface area contributed by atoms with Gasteiger partial charge in [-0.15, -0.1) is 0 Å². The van der Waals surface area contributed by atoms with Gasteiger partial charge < -0.3 is 0 Å². The molecule has 0 aliphatic heterocycles. The third-order valence-corrected chi connectivity index (χ3v) is 25.1. The summed E-state index contributed by atoms with van der Waals surface area (Å²) in [6.07, 6.45) is 6.10. The molecule has 4 aliphatic rings. The van der Waals surface area contributed by atoms with E-state index < -0.39 is 75.5 Å². The number of halogens is 1. The molecule has 0 saturated carbocycles. The van der Waals surface area contributed by atoms with E-state index in [9.17, 15) is 19.8 Å². The van der Waals surface area contributed by atoms with Crippen molar-refractivity contribution in [1.82, 2.24) is 20.1 Å². The van der Waals surface area contributed by atoms with E-state index in [4.69, 9.17) is 37.8 Å². The SMILES string of the molecule is CN(C)[C@@H]1c2onc(OB=N)c2C(=O)[C@@]2(O)[C@H](O[Si](C)(C)C(C)(C)C)[C@@H](Br)C=C[C@@H]12.CN(C)[C@@H]1c2onc(OB=N)c2C(=O)[C@@]2(O)[C@H](O[Si](C)(C)C(C)(C)C)[C@H](Sc3ccccc3)C=C[C@@H]12. The first-order valence-corrected chi connectivity index (χ1v) is 29.5. The summed E-state index contributed by atoms with van der Waals surface area (Å²) < 4.78 is 34.9. The Kier molecular flexibility index (Phi) is 15.0. The molecule has 0 radical (unpaired) electrons. The van der Waals surface area contributed by atoms with Crippen LogP contribution < -0.4 is 9.31 Å². The predicted octanol–water partition coefficient (Wildman–Crippen LogP) is 8.01. The average molecular weight is 1030 g/mol. The van der Waals surface area contributed by atoms with Crippen molar-refractivity contribution in [2.24, 2.45) is 11.8 Å². The molecule has 0 amide bonds. The molecule has 356 valence electrons. The van der Waals surface area contributed by atoms with Gasteiger partial charge in [-0.3, -0.25) is 0 Å². The number of nitrogens with one attached hydrogen (secondary N) is 2. The Morgan fingerprint density at radius 2 is 1.12 bits per heavy atom. The Hall–Kier alpha value is -3.19. The molecule has 3 aromatic rings. The van der Waals surface area contributed by atoms with Crippen LogP contribution in [-0.4, -0.2) is 135 Å². The topological polar surface area (TPSA) is 218 Å². The van der Waals surface area contributed by atoms with Crippen molar-refractivity contribution in [3.05, 3.63) is 77.3 Å². The molecular formula is C44H63B2BrN6O10SSi2. The number of aliphatic hydroxyl groups is 2. The van der Waals surface area contributed by atoms with Gasteiger partial charge in [-0.25, -0.2) is 0 Å². The van der Waals surface area contributed by atoms with Crippen LogP contribution in [0, 0.1) is 22.5 Å². The fourth-order valence-corrected chi connectivity index (χ4v) is 13.4. The normalized spacial score (nSPS) is 29.5. The number of carbonyl (C=O) groups excluding carboxylic acids is 2. The number of Topliss-reactive ketones (excluding diaryl/α,β-unsaturated/α-hetero) is 2. The minimum absolute atomic E-state index is 0.0646. The fraction of sp³-hybridized carbons (Fsp3) is 0.591.